The van der Waals surface area contributed by atoms with Crippen LogP contribution in [0.5, 0.6) is 0 Å². The highest BCUT2D eigenvalue weighted by Gasteiger charge is 2.57. The second kappa shape index (κ2) is 4.97. The van der Waals surface area contributed by atoms with Crippen LogP contribution in [-0.4, -0.2) is 41.9 Å². The molecule has 0 spiro atoms. The number of piperidine rings is 1. The number of ether oxygens (including phenoxy) is 2. The van der Waals surface area contributed by atoms with Crippen molar-refractivity contribution in [3.8, 4) is 0 Å². The molecule has 3 aliphatic heterocycles. The van der Waals surface area contributed by atoms with E-state index in [4.69, 9.17) is 9.47 Å². The fourth-order valence-electron chi connectivity index (χ4n) is 3.84. The van der Waals surface area contributed by atoms with Gasteiger partial charge in [-0.15, -0.1) is 0 Å². The van der Waals surface area contributed by atoms with E-state index in [0.717, 1.165) is 45.2 Å². The minimum atomic E-state index is -0.378. The Morgan fingerprint density at radius 1 is 1.26 bits per heavy atom. The maximum absolute atomic E-state index is 12.4. The summed E-state index contributed by atoms with van der Waals surface area (Å²) in [6.07, 6.45) is 6.79. The lowest BCUT2D eigenvalue weighted by Gasteiger charge is -2.40. The molecule has 1 amide bonds. The predicted octanol–water partition coefficient (Wildman–Crippen LogP) is 2.96. The van der Waals surface area contributed by atoms with E-state index in [0.29, 0.717) is 12.0 Å². The van der Waals surface area contributed by atoms with Gasteiger partial charge in [0.2, 0.25) is 0 Å². The Morgan fingerprint density at radius 3 is 2.53 bits per heavy atom. The molecule has 3 aliphatic rings. The third-order valence-corrected chi connectivity index (χ3v) is 5.07. The van der Waals surface area contributed by atoms with E-state index in [1.807, 2.05) is 4.90 Å². The van der Waals surface area contributed by atoms with Crippen molar-refractivity contribution in [2.45, 2.75) is 70.2 Å². The van der Waals surface area contributed by atoms with E-state index >= 15 is 0 Å². The zero-order chi connectivity index (χ0) is 13.5. The number of hydrogen-bond donors (Lipinski definition) is 0. The summed E-state index contributed by atoms with van der Waals surface area (Å²) in [7, 11) is 0. The van der Waals surface area contributed by atoms with E-state index in [1.54, 1.807) is 0 Å². The van der Waals surface area contributed by atoms with E-state index in [2.05, 4.69) is 13.8 Å². The number of amides is 1. The van der Waals surface area contributed by atoms with Crippen LogP contribution in [0.2, 0.25) is 0 Å². The summed E-state index contributed by atoms with van der Waals surface area (Å²) in [5.41, 5.74) is -0.378. The van der Waals surface area contributed by atoms with Crippen LogP contribution < -0.4 is 0 Å². The number of likely N-dealkylation sites (tertiary alicyclic amines) is 1. The van der Waals surface area contributed by atoms with E-state index in [1.165, 1.54) is 6.42 Å². The summed E-state index contributed by atoms with van der Waals surface area (Å²) in [5, 5.41) is 0. The maximum Gasteiger partial charge on any atom is 0.410 e. The Balaban J connectivity index is 1.70. The highest BCUT2D eigenvalue weighted by molar-refractivity contribution is 5.68. The number of fused-ring (bicyclic) bond motifs is 2. The summed E-state index contributed by atoms with van der Waals surface area (Å²) in [6.45, 7) is 5.99. The topological polar surface area (TPSA) is 38.8 Å². The largest absolute Gasteiger partial charge is 0.440 e. The fraction of sp³-hybridized carbons (Fsp3) is 0.933. The summed E-state index contributed by atoms with van der Waals surface area (Å²) in [5.74, 6) is 0.316. The molecule has 4 heteroatoms. The van der Waals surface area contributed by atoms with Gasteiger partial charge in [-0.05, 0) is 38.0 Å². The molecule has 0 aliphatic carbocycles. The van der Waals surface area contributed by atoms with Gasteiger partial charge in [-0.1, -0.05) is 13.8 Å². The second-order valence-corrected chi connectivity index (χ2v) is 6.55. The van der Waals surface area contributed by atoms with E-state index in [-0.39, 0.29) is 17.8 Å². The van der Waals surface area contributed by atoms with Crippen molar-refractivity contribution in [1.29, 1.82) is 0 Å². The van der Waals surface area contributed by atoms with Crippen molar-refractivity contribution in [1.82, 2.24) is 4.90 Å². The van der Waals surface area contributed by atoms with Crippen molar-refractivity contribution in [3.05, 3.63) is 0 Å². The Bertz CT molecular complexity index is 351. The molecule has 2 bridgehead atoms. The van der Waals surface area contributed by atoms with E-state index < -0.39 is 0 Å². The Morgan fingerprint density at radius 2 is 2.00 bits per heavy atom. The minimum absolute atomic E-state index is 0.117. The van der Waals surface area contributed by atoms with Crippen molar-refractivity contribution in [2.24, 2.45) is 5.92 Å². The zero-order valence-corrected chi connectivity index (χ0v) is 12.1. The average Bonchev–Trinajstić information content (AvgIpc) is 3.00. The number of carbonyl (C=O) groups excluding carboxylic acids is 1. The highest BCUT2D eigenvalue weighted by atomic mass is 16.6. The second-order valence-electron chi connectivity index (χ2n) is 6.55. The van der Waals surface area contributed by atoms with E-state index in [9.17, 15) is 4.79 Å². The van der Waals surface area contributed by atoms with Crippen LogP contribution in [0.15, 0.2) is 0 Å². The molecule has 0 aromatic heterocycles. The van der Waals surface area contributed by atoms with Gasteiger partial charge in [0, 0.05) is 19.5 Å². The molecule has 3 atom stereocenters. The average molecular weight is 267 g/mol. The Labute approximate surface area is 115 Å². The Hall–Kier alpha value is -0.770. The molecule has 3 saturated heterocycles. The lowest BCUT2D eigenvalue weighted by Crippen LogP contribution is -2.51. The summed E-state index contributed by atoms with van der Waals surface area (Å²) in [4.78, 5) is 14.3. The standard InChI is InChI=1S/C15H25NO3/c1-11(2)15(10-12-6-7-13(15)18-12)19-14(17)16-8-4-3-5-9-16/h11-13H,3-10H2,1-2H3. The summed E-state index contributed by atoms with van der Waals surface area (Å²) < 4.78 is 11.9. The molecular weight excluding hydrogens is 242 g/mol. The SMILES string of the molecule is CC(C)C1(OC(=O)N2CCCCC2)CC2CCC1O2. The molecule has 19 heavy (non-hydrogen) atoms. The van der Waals surface area contributed by atoms with Crippen LogP contribution in [0.25, 0.3) is 0 Å². The van der Waals surface area contributed by atoms with Crippen LogP contribution in [0.4, 0.5) is 4.79 Å². The van der Waals surface area contributed by atoms with Crippen LogP contribution in [0, 0.1) is 5.92 Å². The zero-order valence-electron chi connectivity index (χ0n) is 12.1. The Kier molecular flexibility index (Phi) is 3.46. The number of rotatable bonds is 2. The van der Waals surface area contributed by atoms with Gasteiger partial charge in [0.1, 0.15) is 5.60 Å². The van der Waals surface area contributed by atoms with Crippen molar-refractivity contribution in [2.75, 3.05) is 13.1 Å². The first-order valence-corrected chi connectivity index (χ1v) is 7.75. The smallest absolute Gasteiger partial charge is 0.410 e. The quantitative estimate of drug-likeness (QED) is 0.772. The van der Waals surface area contributed by atoms with Crippen LogP contribution >= 0.6 is 0 Å². The summed E-state index contributed by atoms with van der Waals surface area (Å²) >= 11 is 0. The van der Waals surface area contributed by atoms with Gasteiger partial charge in [-0.3, -0.25) is 0 Å². The lowest BCUT2D eigenvalue weighted by atomic mass is 9.77. The van der Waals surface area contributed by atoms with Crippen molar-refractivity contribution >= 4 is 6.09 Å². The molecule has 0 aromatic carbocycles. The molecule has 3 fully saturated rings. The molecule has 0 radical (unpaired) electrons. The first-order chi connectivity index (χ1) is 9.12. The van der Waals surface area contributed by atoms with Crippen molar-refractivity contribution in [3.63, 3.8) is 0 Å². The third kappa shape index (κ3) is 2.24. The molecule has 0 N–H and O–H groups in total. The van der Waals surface area contributed by atoms with Gasteiger partial charge in [-0.25, -0.2) is 4.79 Å². The van der Waals surface area contributed by atoms with Crippen molar-refractivity contribution < 1.29 is 14.3 Å². The van der Waals surface area contributed by atoms with Gasteiger partial charge in [0.25, 0.3) is 0 Å². The van der Waals surface area contributed by atoms with Crippen LogP contribution in [0.1, 0.15) is 52.4 Å². The molecule has 3 unspecified atom stereocenters. The fourth-order valence-corrected chi connectivity index (χ4v) is 3.84. The van der Waals surface area contributed by atoms with Gasteiger partial charge in [0.05, 0.1) is 12.2 Å². The molecular formula is C15H25NO3. The molecule has 3 heterocycles. The third-order valence-electron chi connectivity index (χ3n) is 5.07. The monoisotopic (exact) mass is 267 g/mol. The number of nitrogens with zero attached hydrogens (tertiary/aromatic N) is 1. The predicted molar refractivity (Wildman–Crippen MR) is 72.0 cm³/mol. The summed E-state index contributed by atoms with van der Waals surface area (Å²) in [6, 6.07) is 0. The molecule has 0 aromatic rings. The van der Waals surface area contributed by atoms with Gasteiger partial charge in [-0.2, -0.15) is 0 Å². The first-order valence-electron chi connectivity index (χ1n) is 7.75. The molecule has 0 saturated carbocycles. The van der Waals surface area contributed by atoms with Gasteiger partial charge >= 0.3 is 6.09 Å². The van der Waals surface area contributed by atoms with Gasteiger partial charge in [0.15, 0.2) is 0 Å². The number of hydrogen-bond acceptors (Lipinski definition) is 3. The lowest BCUT2D eigenvalue weighted by molar-refractivity contribution is -0.0826. The normalized spacial score (nSPS) is 37.9. The molecule has 4 nitrogen and oxygen atoms in total. The maximum atomic E-state index is 12.4. The van der Waals surface area contributed by atoms with Gasteiger partial charge < -0.3 is 14.4 Å². The first kappa shape index (κ1) is 13.2. The number of carbonyl (C=O) groups is 1. The molecule has 3 rings (SSSR count). The highest BCUT2D eigenvalue weighted by Crippen LogP contribution is 2.48. The molecule has 108 valence electrons. The van der Waals surface area contributed by atoms with Crippen LogP contribution in [0.3, 0.4) is 0 Å². The minimum Gasteiger partial charge on any atom is -0.440 e. The van der Waals surface area contributed by atoms with Crippen LogP contribution in [-0.2, 0) is 9.47 Å².